The quantitative estimate of drug-likeness (QED) is 0.809. The highest BCUT2D eigenvalue weighted by Crippen LogP contribution is 2.25. The number of carbonyl (C=O) groups excluding carboxylic acids is 1. The zero-order valence-electron chi connectivity index (χ0n) is 12.3. The molecule has 2 rings (SSSR count). The number of Topliss-reactive ketones (excluding diaryl/α,β-unsaturated/α-hetero) is 1. The van der Waals surface area contributed by atoms with Crippen LogP contribution in [0.3, 0.4) is 0 Å². The Labute approximate surface area is 134 Å². The lowest BCUT2D eigenvalue weighted by Crippen LogP contribution is -2.18. The fraction of sp³-hybridized carbons (Fsp3) is 0.278. The van der Waals surface area contributed by atoms with Gasteiger partial charge in [0.2, 0.25) is 0 Å². The number of rotatable bonds is 5. The summed E-state index contributed by atoms with van der Waals surface area (Å²) >= 11 is 3.38. The van der Waals surface area contributed by atoms with E-state index in [4.69, 9.17) is 0 Å². The molecule has 0 aromatic heterocycles. The lowest BCUT2D eigenvalue weighted by atomic mass is 9.90. The van der Waals surface area contributed by atoms with Crippen LogP contribution >= 0.6 is 15.9 Å². The van der Waals surface area contributed by atoms with Gasteiger partial charge in [-0.3, -0.25) is 4.79 Å². The zero-order chi connectivity index (χ0) is 15.5. The Morgan fingerprint density at radius 3 is 2.52 bits per heavy atom. The van der Waals surface area contributed by atoms with Crippen LogP contribution in [0.1, 0.15) is 41.8 Å². The Bertz CT molecular complexity index is 642. The van der Waals surface area contributed by atoms with Gasteiger partial charge in [-0.05, 0) is 43.5 Å². The molecule has 21 heavy (non-hydrogen) atoms. The molecule has 110 valence electrons. The molecule has 0 amide bonds. The molecule has 3 heteroatoms. The Morgan fingerprint density at radius 1 is 1.14 bits per heavy atom. The molecule has 2 nitrogen and oxygen atoms in total. The van der Waals surface area contributed by atoms with Gasteiger partial charge >= 0.3 is 0 Å². The molecule has 0 aliphatic rings. The van der Waals surface area contributed by atoms with Crippen molar-refractivity contribution >= 4 is 21.7 Å². The molecule has 1 N–H and O–H groups in total. The summed E-state index contributed by atoms with van der Waals surface area (Å²) in [7, 11) is 0. The van der Waals surface area contributed by atoms with E-state index in [0.29, 0.717) is 18.4 Å². The van der Waals surface area contributed by atoms with E-state index < -0.39 is 5.60 Å². The Balaban J connectivity index is 2.12. The van der Waals surface area contributed by atoms with Crippen molar-refractivity contribution in [1.82, 2.24) is 0 Å². The molecule has 0 bridgehead atoms. The first-order valence-electron chi connectivity index (χ1n) is 6.97. The standard InChI is InChI=1S/C18H19BrO2/c1-18(2,21)16-9-4-3-6-13(16)10-11-17(20)14-7-5-8-15(19)12-14/h3-9,12,21H,10-11H2,1-2H3. The van der Waals surface area contributed by atoms with Crippen molar-refractivity contribution < 1.29 is 9.90 Å². The van der Waals surface area contributed by atoms with Crippen LogP contribution in [0.5, 0.6) is 0 Å². The summed E-state index contributed by atoms with van der Waals surface area (Å²) in [5.74, 6) is 0.113. The normalized spacial score (nSPS) is 11.4. The Hall–Kier alpha value is -1.45. The lowest BCUT2D eigenvalue weighted by Gasteiger charge is -2.21. The van der Waals surface area contributed by atoms with Crippen LogP contribution in [0.2, 0.25) is 0 Å². The van der Waals surface area contributed by atoms with Crippen LogP contribution in [-0.2, 0) is 12.0 Å². The predicted octanol–water partition coefficient (Wildman–Crippen LogP) is 4.49. The first kappa shape index (κ1) is 15.9. The minimum absolute atomic E-state index is 0.113. The third kappa shape index (κ3) is 4.26. The van der Waals surface area contributed by atoms with Crippen molar-refractivity contribution in [3.63, 3.8) is 0 Å². The minimum atomic E-state index is -0.893. The summed E-state index contributed by atoms with van der Waals surface area (Å²) < 4.78 is 0.908. The monoisotopic (exact) mass is 346 g/mol. The van der Waals surface area contributed by atoms with Crippen molar-refractivity contribution in [2.75, 3.05) is 0 Å². The van der Waals surface area contributed by atoms with Gasteiger partial charge in [-0.25, -0.2) is 0 Å². The van der Waals surface area contributed by atoms with Gasteiger partial charge in [0.1, 0.15) is 0 Å². The van der Waals surface area contributed by atoms with Crippen LogP contribution in [0, 0.1) is 0 Å². The molecule has 0 saturated heterocycles. The third-order valence-electron chi connectivity index (χ3n) is 3.44. The van der Waals surface area contributed by atoms with Crippen LogP contribution in [0.4, 0.5) is 0 Å². The summed E-state index contributed by atoms with van der Waals surface area (Å²) in [6.45, 7) is 3.53. The average molecular weight is 347 g/mol. The number of carbonyl (C=O) groups is 1. The second-order valence-electron chi connectivity index (χ2n) is 5.65. The van der Waals surface area contributed by atoms with Crippen molar-refractivity contribution in [1.29, 1.82) is 0 Å². The summed E-state index contributed by atoms with van der Waals surface area (Å²) in [5.41, 5.74) is 1.72. The van der Waals surface area contributed by atoms with Gasteiger partial charge in [-0.1, -0.05) is 52.3 Å². The van der Waals surface area contributed by atoms with Crippen molar-refractivity contribution in [2.45, 2.75) is 32.3 Å². The van der Waals surface area contributed by atoms with Crippen molar-refractivity contribution in [3.05, 3.63) is 69.7 Å². The van der Waals surface area contributed by atoms with Crippen LogP contribution < -0.4 is 0 Å². The van der Waals surface area contributed by atoms with Crippen LogP contribution in [0.15, 0.2) is 53.0 Å². The molecular formula is C18H19BrO2. The average Bonchev–Trinajstić information content (AvgIpc) is 2.44. The van der Waals surface area contributed by atoms with Gasteiger partial charge in [-0.2, -0.15) is 0 Å². The Kier molecular flexibility index (Phi) is 4.96. The number of aliphatic hydroxyl groups is 1. The molecular weight excluding hydrogens is 328 g/mol. The number of halogens is 1. The molecule has 0 radical (unpaired) electrons. The van der Waals surface area contributed by atoms with E-state index in [9.17, 15) is 9.90 Å². The van der Waals surface area contributed by atoms with E-state index >= 15 is 0 Å². The molecule has 0 unspecified atom stereocenters. The molecule has 0 saturated carbocycles. The molecule has 2 aromatic rings. The fourth-order valence-corrected chi connectivity index (χ4v) is 2.79. The first-order valence-corrected chi connectivity index (χ1v) is 7.77. The molecule has 2 aromatic carbocycles. The minimum Gasteiger partial charge on any atom is -0.386 e. The molecule has 0 aliphatic carbocycles. The number of aryl methyl sites for hydroxylation is 1. The van der Waals surface area contributed by atoms with Gasteiger partial charge in [0.25, 0.3) is 0 Å². The van der Waals surface area contributed by atoms with E-state index in [1.807, 2.05) is 48.5 Å². The van der Waals surface area contributed by atoms with Gasteiger partial charge in [0.05, 0.1) is 5.60 Å². The number of hydrogen-bond acceptors (Lipinski definition) is 2. The first-order chi connectivity index (χ1) is 9.88. The third-order valence-corrected chi connectivity index (χ3v) is 3.94. The second-order valence-corrected chi connectivity index (χ2v) is 6.57. The second kappa shape index (κ2) is 6.54. The SMILES string of the molecule is CC(C)(O)c1ccccc1CCC(=O)c1cccc(Br)c1. The number of hydrogen-bond donors (Lipinski definition) is 1. The molecule has 0 atom stereocenters. The molecule has 0 spiro atoms. The van der Waals surface area contributed by atoms with Gasteiger partial charge in [0.15, 0.2) is 5.78 Å². The number of ketones is 1. The maximum absolute atomic E-state index is 12.2. The summed E-state index contributed by atoms with van der Waals surface area (Å²) in [6.07, 6.45) is 1.06. The predicted molar refractivity (Wildman–Crippen MR) is 88.5 cm³/mol. The van der Waals surface area contributed by atoms with Gasteiger partial charge in [-0.15, -0.1) is 0 Å². The smallest absolute Gasteiger partial charge is 0.163 e. The Morgan fingerprint density at radius 2 is 1.86 bits per heavy atom. The highest BCUT2D eigenvalue weighted by Gasteiger charge is 2.19. The van der Waals surface area contributed by atoms with Crippen LogP contribution in [-0.4, -0.2) is 10.9 Å². The van der Waals surface area contributed by atoms with Gasteiger partial charge in [0, 0.05) is 16.5 Å². The zero-order valence-corrected chi connectivity index (χ0v) is 13.9. The van der Waals surface area contributed by atoms with Crippen molar-refractivity contribution in [2.24, 2.45) is 0 Å². The largest absolute Gasteiger partial charge is 0.386 e. The van der Waals surface area contributed by atoms with E-state index in [2.05, 4.69) is 15.9 Å². The highest BCUT2D eigenvalue weighted by molar-refractivity contribution is 9.10. The van der Waals surface area contributed by atoms with Crippen molar-refractivity contribution in [3.8, 4) is 0 Å². The molecule has 0 aliphatic heterocycles. The van der Waals surface area contributed by atoms with Crippen LogP contribution in [0.25, 0.3) is 0 Å². The molecule has 0 heterocycles. The maximum Gasteiger partial charge on any atom is 0.163 e. The van der Waals surface area contributed by atoms with E-state index in [-0.39, 0.29) is 5.78 Å². The number of benzene rings is 2. The van der Waals surface area contributed by atoms with E-state index in [1.165, 1.54) is 0 Å². The summed E-state index contributed by atoms with van der Waals surface area (Å²) in [6, 6.07) is 15.2. The fourth-order valence-electron chi connectivity index (χ4n) is 2.39. The summed E-state index contributed by atoms with van der Waals surface area (Å²) in [5, 5.41) is 10.2. The topological polar surface area (TPSA) is 37.3 Å². The highest BCUT2D eigenvalue weighted by atomic mass is 79.9. The summed E-state index contributed by atoms with van der Waals surface area (Å²) in [4.78, 5) is 12.2. The van der Waals surface area contributed by atoms with E-state index in [1.54, 1.807) is 13.8 Å². The van der Waals surface area contributed by atoms with Gasteiger partial charge < -0.3 is 5.11 Å². The maximum atomic E-state index is 12.2. The lowest BCUT2D eigenvalue weighted by molar-refractivity contribution is 0.0773. The van der Waals surface area contributed by atoms with E-state index in [0.717, 1.165) is 15.6 Å². The molecule has 0 fully saturated rings.